The van der Waals surface area contributed by atoms with Gasteiger partial charge in [-0.3, -0.25) is 0 Å². The van der Waals surface area contributed by atoms with E-state index in [4.69, 9.17) is 9.47 Å². The Morgan fingerprint density at radius 3 is 1.64 bits per heavy atom. The molecule has 0 saturated carbocycles. The molecule has 1 spiro atoms. The molecule has 77 heavy (non-hydrogen) atoms. The summed E-state index contributed by atoms with van der Waals surface area (Å²) < 4.78 is 14.6. The van der Waals surface area contributed by atoms with Crippen molar-refractivity contribution < 1.29 is 9.47 Å². The molecule has 0 radical (unpaired) electrons. The highest BCUT2D eigenvalue weighted by atomic mass is 16.6. The van der Waals surface area contributed by atoms with Gasteiger partial charge in [-0.05, 0) is 150 Å². The van der Waals surface area contributed by atoms with Crippen LogP contribution in [-0.4, -0.2) is 0 Å². The van der Waals surface area contributed by atoms with E-state index in [9.17, 15) is 0 Å². The van der Waals surface area contributed by atoms with Crippen LogP contribution in [0.2, 0.25) is 0 Å². The summed E-state index contributed by atoms with van der Waals surface area (Å²) in [7, 11) is 0. The summed E-state index contributed by atoms with van der Waals surface area (Å²) in [4.78, 5) is 2.32. The van der Waals surface area contributed by atoms with Gasteiger partial charge in [0.1, 0.15) is 0 Å². The number of rotatable bonds is 7. The van der Waals surface area contributed by atoms with E-state index in [-0.39, 0.29) is 0 Å². The lowest BCUT2D eigenvalue weighted by Gasteiger charge is -2.34. The Hall–Kier alpha value is -9.70. The number of hydrogen-bond donors (Lipinski definition) is 0. The van der Waals surface area contributed by atoms with E-state index >= 15 is 0 Å². The van der Waals surface area contributed by atoms with Crippen molar-refractivity contribution in [1.29, 1.82) is 0 Å². The maximum Gasteiger partial charge on any atom is 0.194 e. The van der Waals surface area contributed by atoms with E-state index < -0.39 is 10.8 Å². The molecule has 0 fully saturated rings. The molecular formula is C74H49NO2. The normalized spacial score (nSPS) is 16.2. The fraction of sp³-hybridized carbons (Fsp3) is 0.0541. The largest absolute Gasteiger partial charge is 0.449 e. The van der Waals surface area contributed by atoms with Crippen molar-refractivity contribution in [3.63, 3.8) is 0 Å². The summed E-state index contributed by atoms with van der Waals surface area (Å²) in [5.41, 5.74) is 24.5. The first-order valence-electron chi connectivity index (χ1n) is 26.9. The second-order valence-electron chi connectivity index (χ2n) is 20.9. The molecule has 4 aliphatic carbocycles. The van der Waals surface area contributed by atoms with E-state index in [1.807, 2.05) is 6.07 Å². The van der Waals surface area contributed by atoms with Gasteiger partial charge in [0, 0.05) is 16.9 Å². The Balaban J connectivity index is 0.841. The molecule has 11 aromatic carbocycles. The Morgan fingerprint density at radius 2 is 0.896 bits per heavy atom. The van der Waals surface area contributed by atoms with Gasteiger partial charge in [-0.25, -0.2) is 0 Å². The molecule has 0 aromatic heterocycles. The molecule has 1 heterocycles. The summed E-state index contributed by atoms with van der Waals surface area (Å²) in [6, 6.07) is 95.1. The van der Waals surface area contributed by atoms with E-state index in [0.717, 1.165) is 57.9 Å². The highest BCUT2D eigenvalue weighted by molar-refractivity contribution is 6.00. The van der Waals surface area contributed by atoms with Crippen LogP contribution in [0.4, 0.5) is 17.1 Å². The zero-order valence-electron chi connectivity index (χ0n) is 42.2. The van der Waals surface area contributed by atoms with Crippen LogP contribution in [-0.2, 0) is 10.8 Å². The first-order valence-corrected chi connectivity index (χ1v) is 26.9. The maximum absolute atomic E-state index is 7.30. The quantitative estimate of drug-likeness (QED) is 0.159. The van der Waals surface area contributed by atoms with Gasteiger partial charge >= 0.3 is 0 Å². The van der Waals surface area contributed by atoms with Gasteiger partial charge in [0.15, 0.2) is 23.0 Å². The fourth-order valence-electron chi connectivity index (χ4n) is 14.1. The van der Waals surface area contributed by atoms with E-state index in [1.165, 1.54) is 77.9 Å². The Kier molecular flexibility index (Phi) is 9.59. The van der Waals surface area contributed by atoms with Crippen molar-refractivity contribution in [1.82, 2.24) is 0 Å². The number of fused-ring (bicyclic) bond motifs is 15. The number of nitrogens with zero attached hydrogens (tertiary/aromatic N) is 1. The smallest absolute Gasteiger partial charge is 0.194 e. The molecule has 3 nitrogen and oxygen atoms in total. The summed E-state index contributed by atoms with van der Waals surface area (Å²) in [5, 5.41) is 0. The van der Waals surface area contributed by atoms with Crippen LogP contribution in [0, 0.1) is 0 Å². The second-order valence-corrected chi connectivity index (χ2v) is 20.9. The minimum atomic E-state index is -0.487. The summed E-state index contributed by atoms with van der Waals surface area (Å²) in [6.45, 7) is 0. The lowest BCUT2D eigenvalue weighted by Crippen LogP contribution is -2.28. The number of para-hydroxylation sites is 1. The molecule has 1 unspecified atom stereocenters. The molecule has 0 bridgehead atoms. The number of benzene rings is 11. The molecule has 0 amide bonds. The van der Waals surface area contributed by atoms with Crippen LogP contribution in [0.5, 0.6) is 23.0 Å². The van der Waals surface area contributed by atoms with Crippen molar-refractivity contribution in [3.05, 3.63) is 323 Å². The summed E-state index contributed by atoms with van der Waals surface area (Å²) >= 11 is 0. The number of hydrogen-bond acceptors (Lipinski definition) is 3. The lowest BCUT2D eigenvalue weighted by molar-refractivity contribution is 0.361. The van der Waals surface area contributed by atoms with Gasteiger partial charge in [-0.1, -0.05) is 231 Å². The minimum absolute atomic E-state index is 0.446. The molecule has 1 aliphatic heterocycles. The minimum Gasteiger partial charge on any atom is -0.449 e. The van der Waals surface area contributed by atoms with Crippen LogP contribution >= 0.6 is 0 Å². The van der Waals surface area contributed by atoms with Crippen molar-refractivity contribution in [2.45, 2.75) is 23.7 Å². The van der Waals surface area contributed by atoms with Crippen molar-refractivity contribution in [2.75, 3.05) is 4.90 Å². The average Bonchev–Trinajstić information content (AvgIpc) is 4.11. The standard InChI is InChI=1S/C74H49NO2/c1-4-21-48(22-5-1)50-23-18-28-54(47-50)75(53-43-41-49(42-44-53)55-33-19-38-64-69(55)58-31-12-16-36-62(58)73(64,51-24-6-2-7-25-51)52-26-8-3-9-27-52)66-39-20-40-67-71(66)76-68-46-45-65-70(72(68)77-67)59-32-13-17-37-63(59)74(65)60-34-14-10-29-56(60)57-30-11-15-35-61(57)74/h1-10,12-29,31-47H,11,30H2. The van der Waals surface area contributed by atoms with Gasteiger partial charge in [-0.2, -0.15) is 0 Å². The molecule has 11 aromatic rings. The third-order valence-corrected chi connectivity index (χ3v) is 17.1. The van der Waals surface area contributed by atoms with Crippen LogP contribution in [0.1, 0.15) is 57.3 Å². The molecule has 16 rings (SSSR count). The SMILES string of the molecule is C1=CC2=C(CC1)c1ccccc1C21c2ccccc2-c2c1ccc1c2Oc2cccc(N(c3ccc(-c4cccc5c4-c4ccccc4C5(c4ccccc4)c4ccccc4)cc3)c3cccc(-c4ccccc4)c3)c2O1. The molecule has 0 N–H and O–H groups in total. The van der Waals surface area contributed by atoms with Crippen LogP contribution in [0.3, 0.4) is 0 Å². The van der Waals surface area contributed by atoms with Gasteiger partial charge < -0.3 is 14.4 Å². The van der Waals surface area contributed by atoms with Gasteiger partial charge in [0.2, 0.25) is 0 Å². The number of allylic oxidation sites excluding steroid dienone is 4. The van der Waals surface area contributed by atoms with Crippen LogP contribution in [0.25, 0.3) is 50.1 Å². The van der Waals surface area contributed by atoms with Gasteiger partial charge in [0.25, 0.3) is 0 Å². The number of ether oxygens (including phenoxy) is 2. The second kappa shape index (κ2) is 16.9. The first kappa shape index (κ1) is 43.7. The third kappa shape index (κ3) is 6.14. The average molecular weight is 984 g/mol. The molecule has 1 atom stereocenters. The fourth-order valence-corrected chi connectivity index (χ4v) is 14.1. The molecule has 3 heteroatoms. The highest BCUT2D eigenvalue weighted by Gasteiger charge is 2.54. The Morgan fingerprint density at radius 1 is 0.351 bits per heavy atom. The predicted molar refractivity (Wildman–Crippen MR) is 313 cm³/mol. The maximum atomic E-state index is 7.30. The van der Waals surface area contributed by atoms with Gasteiger partial charge in [0.05, 0.1) is 16.5 Å². The molecule has 0 saturated heterocycles. The molecular weight excluding hydrogens is 935 g/mol. The Labute approximate surface area is 449 Å². The summed E-state index contributed by atoms with van der Waals surface area (Å²) in [5.74, 6) is 2.79. The third-order valence-electron chi connectivity index (χ3n) is 17.1. The van der Waals surface area contributed by atoms with Crippen molar-refractivity contribution >= 4 is 22.6 Å². The van der Waals surface area contributed by atoms with E-state index in [2.05, 4.69) is 272 Å². The van der Waals surface area contributed by atoms with E-state index in [0.29, 0.717) is 17.2 Å². The topological polar surface area (TPSA) is 21.7 Å². The van der Waals surface area contributed by atoms with E-state index in [1.54, 1.807) is 0 Å². The monoisotopic (exact) mass is 983 g/mol. The summed E-state index contributed by atoms with van der Waals surface area (Å²) in [6.07, 6.45) is 6.82. The van der Waals surface area contributed by atoms with Crippen LogP contribution < -0.4 is 14.4 Å². The number of anilines is 3. The zero-order valence-corrected chi connectivity index (χ0v) is 42.2. The molecule has 362 valence electrons. The van der Waals surface area contributed by atoms with Gasteiger partial charge in [-0.15, -0.1) is 0 Å². The predicted octanol–water partition coefficient (Wildman–Crippen LogP) is 19.2. The highest BCUT2D eigenvalue weighted by Crippen LogP contribution is 2.67. The van der Waals surface area contributed by atoms with Crippen molar-refractivity contribution in [3.8, 4) is 67.5 Å². The lowest BCUT2D eigenvalue weighted by atomic mass is 9.67. The zero-order chi connectivity index (χ0) is 50.7. The molecule has 5 aliphatic rings. The Bertz CT molecular complexity index is 4230. The van der Waals surface area contributed by atoms with Crippen LogP contribution in [0.15, 0.2) is 279 Å². The van der Waals surface area contributed by atoms with Crippen molar-refractivity contribution in [2.24, 2.45) is 0 Å². The first-order chi connectivity index (χ1) is 38.2.